The van der Waals surface area contributed by atoms with Gasteiger partial charge in [0.25, 0.3) is 0 Å². The molecule has 15 heavy (non-hydrogen) atoms. The average molecular weight is 229 g/mol. The minimum Gasteiger partial charge on any atom is -0.358 e. The zero-order valence-corrected chi connectivity index (χ0v) is 9.59. The normalized spacial score (nSPS) is 12.0. The molecule has 0 aromatic carbocycles. The van der Waals surface area contributed by atoms with Crippen LogP contribution in [-0.4, -0.2) is 29.0 Å². The van der Waals surface area contributed by atoms with Gasteiger partial charge >= 0.3 is 0 Å². The van der Waals surface area contributed by atoms with Gasteiger partial charge in [0.15, 0.2) is 0 Å². The third-order valence-corrected chi connectivity index (χ3v) is 2.12. The summed E-state index contributed by atoms with van der Waals surface area (Å²) in [7, 11) is 1.58. The Labute approximate surface area is 93.3 Å². The molecule has 0 fully saturated rings. The van der Waals surface area contributed by atoms with Crippen molar-refractivity contribution < 1.29 is 4.79 Å². The Morgan fingerprint density at radius 3 is 2.87 bits per heavy atom. The highest BCUT2D eigenvalue weighted by atomic mass is 35.5. The molecule has 0 saturated carbocycles. The highest BCUT2D eigenvalue weighted by molar-refractivity contribution is 6.28. The van der Waals surface area contributed by atoms with Crippen LogP contribution < -0.4 is 10.6 Å². The number of carbonyl (C=O) groups excluding carboxylic acids is 1. The molecule has 1 unspecified atom stereocenters. The van der Waals surface area contributed by atoms with E-state index in [1.807, 2.05) is 6.92 Å². The molecule has 5 nitrogen and oxygen atoms in total. The van der Waals surface area contributed by atoms with Crippen LogP contribution in [0.2, 0.25) is 5.28 Å². The summed E-state index contributed by atoms with van der Waals surface area (Å²) in [5, 5.41) is 5.65. The molecule has 1 heterocycles. The average Bonchev–Trinajstić information content (AvgIpc) is 2.22. The fourth-order valence-electron chi connectivity index (χ4n) is 1.05. The number of halogens is 1. The molecule has 1 rings (SSSR count). The first-order chi connectivity index (χ1) is 7.04. The monoisotopic (exact) mass is 228 g/mol. The number of nitrogens with zero attached hydrogens (tertiary/aromatic N) is 2. The maximum absolute atomic E-state index is 11.3. The maximum Gasteiger partial charge on any atom is 0.241 e. The van der Waals surface area contributed by atoms with Crippen LogP contribution in [0.3, 0.4) is 0 Å². The van der Waals surface area contributed by atoms with Gasteiger partial charge in [-0.25, -0.2) is 9.97 Å². The second-order valence-corrected chi connectivity index (χ2v) is 3.49. The third-order valence-electron chi connectivity index (χ3n) is 1.94. The van der Waals surface area contributed by atoms with Gasteiger partial charge < -0.3 is 10.6 Å². The summed E-state index contributed by atoms with van der Waals surface area (Å²) in [6, 6.07) is -0.361. The topological polar surface area (TPSA) is 66.9 Å². The number of aromatic nitrogens is 2. The van der Waals surface area contributed by atoms with Crippen LogP contribution in [0.15, 0.2) is 6.20 Å². The van der Waals surface area contributed by atoms with Crippen LogP contribution >= 0.6 is 11.6 Å². The zero-order chi connectivity index (χ0) is 11.4. The highest BCUT2D eigenvalue weighted by Gasteiger charge is 2.12. The van der Waals surface area contributed by atoms with Crippen molar-refractivity contribution in [3.05, 3.63) is 17.0 Å². The van der Waals surface area contributed by atoms with Gasteiger partial charge in [-0.1, -0.05) is 0 Å². The molecule has 0 aliphatic heterocycles. The van der Waals surface area contributed by atoms with Gasteiger partial charge in [0.2, 0.25) is 11.2 Å². The molecule has 1 aromatic rings. The number of rotatable bonds is 3. The van der Waals surface area contributed by atoms with E-state index in [2.05, 4.69) is 20.6 Å². The van der Waals surface area contributed by atoms with E-state index in [0.717, 1.165) is 5.56 Å². The molecule has 1 atom stereocenters. The van der Waals surface area contributed by atoms with E-state index in [9.17, 15) is 4.79 Å². The number of hydrogen-bond donors (Lipinski definition) is 2. The van der Waals surface area contributed by atoms with Crippen LogP contribution in [0.25, 0.3) is 0 Å². The van der Waals surface area contributed by atoms with E-state index in [0.29, 0.717) is 5.82 Å². The van der Waals surface area contributed by atoms with Gasteiger partial charge in [0.1, 0.15) is 11.9 Å². The Morgan fingerprint density at radius 2 is 2.27 bits per heavy atom. The highest BCUT2D eigenvalue weighted by Crippen LogP contribution is 2.13. The number of amides is 1. The molecular weight excluding hydrogens is 216 g/mol. The second kappa shape index (κ2) is 4.93. The van der Waals surface area contributed by atoms with Crippen molar-refractivity contribution in [2.75, 3.05) is 12.4 Å². The smallest absolute Gasteiger partial charge is 0.241 e. The number of aryl methyl sites for hydroxylation is 1. The quantitative estimate of drug-likeness (QED) is 0.757. The van der Waals surface area contributed by atoms with Gasteiger partial charge in [0, 0.05) is 18.8 Å². The van der Waals surface area contributed by atoms with Gasteiger partial charge in [-0.2, -0.15) is 0 Å². The van der Waals surface area contributed by atoms with Gasteiger partial charge in [-0.15, -0.1) is 0 Å². The number of carbonyl (C=O) groups is 1. The minimum atomic E-state index is -0.361. The Morgan fingerprint density at radius 1 is 1.60 bits per heavy atom. The third kappa shape index (κ3) is 3.06. The molecular formula is C9H13ClN4O. The molecule has 0 spiro atoms. The van der Waals surface area contributed by atoms with Gasteiger partial charge in [0.05, 0.1) is 0 Å². The van der Waals surface area contributed by atoms with Crippen LogP contribution in [0.1, 0.15) is 12.5 Å². The summed E-state index contributed by atoms with van der Waals surface area (Å²) >= 11 is 5.65. The number of nitrogens with one attached hydrogen (secondary N) is 2. The van der Waals surface area contributed by atoms with Crippen LogP contribution in [0.5, 0.6) is 0 Å². The zero-order valence-electron chi connectivity index (χ0n) is 8.84. The Balaban J connectivity index is 2.80. The van der Waals surface area contributed by atoms with Crippen molar-refractivity contribution in [3.8, 4) is 0 Å². The second-order valence-electron chi connectivity index (χ2n) is 3.15. The fraction of sp³-hybridized carbons (Fsp3) is 0.444. The van der Waals surface area contributed by atoms with E-state index in [-0.39, 0.29) is 17.2 Å². The first-order valence-corrected chi connectivity index (χ1v) is 4.89. The van der Waals surface area contributed by atoms with E-state index < -0.39 is 0 Å². The summed E-state index contributed by atoms with van der Waals surface area (Å²) in [6.07, 6.45) is 1.61. The van der Waals surface area contributed by atoms with E-state index in [4.69, 9.17) is 11.6 Å². The molecule has 2 N–H and O–H groups in total. The van der Waals surface area contributed by atoms with Crippen molar-refractivity contribution in [1.82, 2.24) is 15.3 Å². The van der Waals surface area contributed by atoms with Crippen LogP contribution in [-0.2, 0) is 4.79 Å². The largest absolute Gasteiger partial charge is 0.358 e. The van der Waals surface area contributed by atoms with Crippen molar-refractivity contribution in [2.24, 2.45) is 0 Å². The molecule has 0 saturated heterocycles. The van der Waals surface area contributed by atoms with Crippen molar-refractivity contribution in [3.63, 3.8) is 0 Å². The lowest BCUT2D eigenvalue weighted by molar-refractivity contribution is -0.121. The summed E-state index contributed by atoms with van der Waals surface area (Å²) < 4.78 is 0. The molecule has 0 aliphatic rings. The first kappa shape index (κ1) is 11.7. The molecule has 0 aliphatic carbocycles. The number of likely N-dealkylation sites (N-methyl/N-ethyl adjacent to an activating group) is 1. The van der Waals surface area contributed by atoms with Crippen molar-refractivity contribution in [2.45, 2.75) is 19.9 Å². The predicted octanol–water partition coefficient (Wildman–Crippen LogP) is 0.985. The Kier molecular flexibility index (Phi) is 3.85. The van der Waals surface area contributed by atoms with Crippen LogP contribution in [0.4, 0.5) is 5.82 Å². The SMILES string of the molecule is CNC(=O)C(C)Nc1nc(Cl)ncc1C. The summed E-state index contributed by atoms with van der Waals surface area (Å²) in [5.41, 5.74) is 0.843. The predicted molar refractivity (Wildman–Crippen MR) is 58.9 cm³/mol. The molecule has 6 heteroatoms. The number of anilines is 1. The lowest BCUT2D eigenvalue weighted by atomic mass is 10.3. The van der Waals surface area contributed by atoms with E-state index in [1.165, 1.54) is 0 Å². The van der Waals surface area contributed by atoms with Crippen LogP contribution in [0, 0.1) is 6.92 Å². The standard InChI is InChI=1S/C9H13ClN4O/c1-5-4-12-9(10)14-7(5)13-6(2)8(15)11-3/h4,6H,1-3H3,(H,11,15)(H,12,13,14). The van der Waals surface area contributed by atoms with E-state index >= 15 is 0 Å². The molecule has 0 bridgehead atoms. The maximum atomic E-state index is 11.3. The van der Waals surface area contributed by atoms with Gasteiger partial charge in [-0.05, 0) is 25.4 Å². The summed E-state index contributed by atoms with van der Waals surface area (Å²) in [5.74, 6) is 0.468. The summed E-state index contributed by atoms with van der Waals surface area (Å²) in [4.78, 5) is 19.1. The summed E-state index contributed by atoms with van der Waals surface area (Å²) in [6.45, 7) is 3.59. The van der Waals surface area contributed by atoms with E-state index in [1.54, 1.807) is 20.2 Å². The van der Waals surface area contributed by atoms with Gasteiger partial charge in [-0.3, -0.25) is 4.79 Å². The Bertz CT molecular complexity index is 369. The lowest BCUT2D eigenvalue weighted by Gasteiger charge is -2.14. The lowest BCUT2D eigenvalue weighted by Crippen LogP contribution is -2.35. The fourth-order valence-corrected chi connectivity index (χ4v) is 1.19. The van der Waals surface area contributed by atoms with Crippen molar-refractivity contribution in [1.29, 1.82) is 0 Å². The first-order valence-electron chi connectivity index (χ1n) is 4.52. The number of hydrogen-bond acceptors (Lipinski definition) is 4. The molecule has 0 radical (unpaired) electrons. The molecule has 82 valence electrons. The van der Waals surface area contributed by atoms with Crippen molar-refractivity contribution >= 4 is 23.3 Å². The molecule has 1 aromatic heterocycles. The minimum absolute atomic E-state index is 0.107. The Hall–Kier alpha value is -1.36. The molecule has 1 amide bonds.